The van der Waals surface area contributed by atoms with Crippen LogP contribution in [-0.4, -0.2) is 43.4 Å². The van der Waals surface area contributed by atoms with Crippen LogP contribution in [0.3, 0.4) is 0 Å². The van der Waals surface area contributed by atoms with E-state index in [0.717, 1.165) is 71.2 Å². The Kier molecular flexibility index (Phi) is 7.00. The number of amides is 1. The number of hydrogen-bond acceptors (Lipinski definition) is 3. The fraction of sp³-hybridized carbons (Fsp3) is 0.944. The average molecular weight is 311 g/mol. The van der Waals surface area contributed by atoms with E-state index in [4.69, 9.17) is 9.47 Å². The molecule has 0 aliphatic carbocycles. The van der Waals surface area contributed by atoms with E-state index in [1.807, 2.05) is 4.90 Å². The van der Waals surface area contributed by atoms with Crippen LogP contribution in [0.5, 0.6) is 0 Å². The van der Waals surface area contributed by atoms with Gasteiger partial charge in [-0.3, -0.25) is 0 Å². The van der Waals surface area contributed by atoms with Crippen molar-refractivity contribution in [2.75, 3.05) is 26.3 Å². The summed E-state index contributed by atoms with van der Waals surface area (Å²) in [7, 11) is 0. The van der Waals surface area contributed by atoms with Crippen molar-refractivity contribution >= 4 is 6.09 Å². The van der Waals surface area contributed by atoms with Crippen molar-refractivity contribution in [1.82, 2.24) is 4.90 Å². The highest BCUT2D eigenvalue weighted by molar-refractivity contribution is 5.68. The molecule has 22 heavy (non-hydrogen) atoms. The molecule has 0 radical (unpaired) electrons. The van der Waals surface area contributed by atoms with Crippen LogP contribution >= 0.6 is 0 Å². The minimum Gasteiger partial charge on any atom is -0.446 e. The van der Waals surface area contributed by atoms with Gasteiger partial charge in [-0.05, 0) is 50.4 Å². The summed E-state index contributed by atoms with van der Waals surface area (Å²) in [5.41, 5.74) is 0.431. The van der Waals surface area contributed by atoms with E-state index in [1.165, 1.54) is 12.8 Å². The highest BCUT2D eigenvalue weighted by Crippen LogP contribution is 2.40. The van der Waals surface area contributed by atoms with E-state index >= 15 is 0 Å². The maximum Gasteiger partial charge on any atom is 0.410 e. The molecule has 4 nitrogen and oxygen atoms in total. The smallest absolute Gasteiger partial charge is 0.410 e. The number of carbonyl (C=O) groups is 1. The first kappa shape index (κ1) is 17.6. The molecule has 2 heterocycles. The number of likely N-dealkylation sites (tertiary alicyclic amines) is 1. The summed E-state index contributed by atoms with van der Waals surface area (Å²) in [5, 5.41) is 0. The molecule has 2 saturated heterocycles. The number of nitrogens with zero attached hydrogens (tertiary/aromatic N) is 1. The number of carbonyl (C=O) groups excluding carboxylic acids is 1. The Labute approximate surface area is 135 Å². The van der Waals surface area contributed by atoms with Gasteiger partial charge >= 0.3 is 6.09 Å². The zero-order valence-corrected chi connectivity index (χ0v) is 14.4. The molecule has 4 heteroatoms. The van der Waals surface area contributed by atoms with Crippen molar-refractivity contribution in [3.8, 4) is 0 Å². The molecule has 2 rings (SSSR count). The van der Waals surface area contributed by atoms with Gasteiger partial charge in [0.2, 0.25) is 0 Å². The van der Waals surface area contributed by atoms with E-state index in [-0.39, 0.29) is 12.2 Å². The van der Waals surface area contributed by atoms with Crippen molar-refractivity contribution in [1.29, 1.82) is 0 Å². The van der Waals surface area contributed by atoms with Crippen LogP contribution in [0.15, 0.2) is 0 Å². The monoisotopic (exact) mass is 311 g/mol. The molecule has 0 N–H and O–H groups in total. The van der Waals surface area contributed by atoms with Crippen LogP contribution < -0.4 is 0 Å². The molecule has 2 aliphatic rings. The summed E-state index contributed by atoms with van der Waals surface area (Å²) >= 11 is 0. The number of rotatable bonds is 6. The molecule has 1 atom stereocenters. The third kappa shape index (κ3) is 4.87. The average Bonchev–Trinajstić information content (AvgIpc) is 2.55. The number of hydrogen-bond donors (Lipinski definition) is 0. The predicted molar refractivity (Wildman–Crippen MR) is 88.0 cm³/mol. The van der Waals surface area contributed by atoms with E-state index in [0.29, 0.717) is 5.41 Å². The standard InChI is InChI=1S/C18H33NO3/c1-3-5-6-7-16(4-2)22-17(20)19-12-8-18(9-13-19)10-14-21-15-11-18/h16H,3-15H2,1-2H3. The third-order valence-electron chi connectivity index (χ3n) is 5.49. The molecule has 0 saturated carbocycles. The molecule has 1 unspecified atom stereocenters. The molecule has 1 amide bonds. The first-order valence-electron chi connectivity index (χ1n) is 9.22. The van der Waals surface area contributed by atoms with Crippen molar-refractivity contribution in [3.05, 3.63) is 0 Å². The van der Waals surface area contributed by atoms with E-state index in [1.54, 1.807) is 0 Å². The van der Waals surface area contributed by atoms with Crippen LogP contribution in [-0.2, 0) is 9.47 Å². The summed E-state index contributed by atoms with van der Waals surface area (Å²) < 4.78 is 11.2. The normalized spacial score (nSPS) is 22.5. The van der Waals surface area contributed by atoms with Gasteiger partial charge < -0.3 is 14.4 Å². The van der Waals surface area contributed by atoms with Crippen LogP contribution in [0.1, 0.15) is 71.6 Å². The molecule has 0 aromatic rings. The fourth-order valence-corrected chi connectivity index (χ4v) is 3.65. The Bertz CT molecular complexity index is 329. The van der Waals surface area contributed by atoms with Gasteiger partial charge in [0.25, 0.3) is 0 Å². The second kappa shape index (κ2) is 8.76. The quantitative estimate of drug-likeness (QED) is 0.684. The topological polar surface area (TPSA) is 38.8 Å². The van der Waals surface area contributed by atoms with Gasteiger partial charge in [0, 0.05) is 26.3 Å². The second-order valence-electron chi connectivity index (χ2n) is 7.01. The lowest BCUT2D eigenvalue weighted by atomic mass is 9.72. The van der Waals surface area contributed by atoms with Crippen molar-refractivity contribution in [3.63, 3.8) is 0 Å². The summed E-state index contributed by atoms with van der Waals surface area (Å²) in [6.07, 6.45) is 10.1. The van der Waals surface area contributed by atoms with Gasteiger partial charge in [-0.25, -0.2) is 4.79 Å². The molecule has 0 aromatic carbocycles. The molecular weight excluding hydrogens is 278 g/mol. The number of ether oxygens (including phenoxy) is 2. The molecular formula is C18H33NO3. The van der Waals surface area contributed by atoms with E-state index < -0.39 is 0 Å². The van der Waals surface area contributed by atoms with Crippen molar-refractivity contribution < 1.29 is 14.3 Å². The molecule has 2 fully saturated rings. The van der Waals surface area contributed by atoms with Crippen LogP contribution in [0.4, 0.5) is 4.79 Å². The minimum absolute atomic E-state index is 0.0924. The minimum atomic E-state index is -0.0924. The van der Waals surface area contributed by atoms with Gasteiger partial charge in [-0.15, -0.1) is 0 Å². The van der Waals surface area contributed by atoms with Gasteiger partial charge in [-0.2, -0.15) is 0 Å². The van der Waals surface area contributed by atoms with Crippen molar-refractivity contribution in [2.24, 2.45) is 5.41 Å². The Balaban J connectivity index is 1.74. The zero-order valence-electron chi connectivity index (χ0n) is 14.4. The molecule has 0 bridgehead atoms. The highest BCUT2D eigenvalue weighted by Gasteiger charge is 2.37. The van der Waals surface area contributed by atoms with E-state index in [9.17, 15) is 4.79 Å². The third-order valence-corrected chi connectivity index (χ3v) is 5.49. The summed E-state index contributed by atoms with van der Waals surface area (Å²) in [6.45, 7) is 7.79. The van der Waals surface area contributed by atoms with Crippen molar-refractivity contribution in [2.45, 2.75) is 77.7 Å². The molecule has 2 aliphatic heterocycles. The van der Waals surface area contributed by atoms with Gasteiger partial charge in [-0.1, -0.05) is 26.7 Å². The van der Waals surface area contributed by atoms with Gasteiger partial charge in [0.15, 0.2) is 0 Å². The fourth-order valence-electron chi connectivity index (χ4n) is 3.65. The lowest BCUT2D eigenvalue weighted by molar-refractivity contribution is -0.0239. The van der Waals surface area contributed by atoms with Gasteiger partial charge in [0.1, 0.15) is 6.10 Å². The number of unbranched alkanes of at least 4 members (excludes halogenated alkanes) is 2. The summed E-state index contributed by atoms with van der Waals surface area (Å²) in [4.78, 5) is 14.3. The molecule has 1 spiro atoms. The Morgan fingerprint density at radius 3 is 2.41 bits per heavy atom. The van der Waals surface area contributed by atoms with Crippen LogP contribution in [0.2, 0.25) is 0 Å². The maximum absolute atomic E-state index is 12.4. The molecule has 128 valence electrons. The number of piperidine rings is 1. The zero-order chi connectivity index (χ0) is 15.8. The van der Waals surface area contributed by atoms with Crippen LogP contribution in [0.25, 0.3) is 0 Å². The lowest BCUT2D eigenvalue weighted by Crippen LogP contribution is -2.46. The SMILES string of the molecule is CCCCCC(CC)OC(=O)N1CCC2(CCOCC2)CC1. The molecule has 0 aromatic heterocycles. The summed E-state index contributed by atoms with van der Waals surface area (Å²) in [6, 6.07) is 0. The Morgan fingerprint density at radius 1 is 1.14 bits per heavy atom. The highest BCUT2D eigenvalue weighted by atomic mass is 16.6. The van der Waals surface area contributed by atoms with E-state index in [2.05, 4.69) is 13.8 Å². The van der Waals surface area contributed by atoms with Crippen LogP contribution in [0, 0.1) is 5.41 Å². The second-order valence-corrected chi connectivity index (χ2v) is 7.01. The Morgan fingerprint density at radius 2 is 1.82 bits per heavy atom. The predicted octanol–water partition coefficient (Wildman–Crippen LogP) is 4.37. The largest absolute Gasteiger partial charge is 0.446 e. The first-order chi connectivity index (χ1) is 10.7. The first-order valence-corrected chi connectivity index (χ1v) is 9.22. The lowest BCUT2D eigenvalue weighted by Gasteiger charge is -2.43. The Hall–Kier alpha value is -0.770. The summed E-state index contributed by atoms with van der Waals surface area (Å²) in [5.74, 6) is 0. The maximum atomic E-state index is 12.4. The van der Waals surface area contributed by atoms with Gasteiger partial charge in [0.05, 0.1) is 0 Å².